The van der Waals surface area contributed by atoms with Gasteiger partial charge in [-0.25, -0.2) is 0 Å². The summed E-state index contributed by atoms with van der Waals surface area (Å²) in [4.78, 5) is 0. The Kier molecular flexibility index (Phi) is 4.87. The molecule has 0 heteroatoms. The fourth-order valence-corrected chi connectivity index (χ4v) is 4.17. The Morgan fingerprint density at radius 2 is 1.85 bits per heavy atom. The Balaban J connectivity index is 1.58. The van der Waals surface area contributed by atoms with Crippen LogP contribution in [-0.4, -0.2) is 0 Å². The molecule has 0 atom stereocenters. The highest BCUT2D eigenvalue weighted by Gasteiger charge is 2.17. The Bertz CT molecular complexity index is 1000. The van der Waals surface area contributed by atoms with Crippen molar-refractivity contribution < 1.29 is 0 Å². The number of rotatable bonds is 5. The van der Waals surface area contributed by atoms with Crippen molar-refractivity contribution in [3.05, 3.63) is 94.1 Å². The molecular weight excluding hydrogens is 324 g/mol. The Hall–Kier alpha value is -2.78. The first-order valence-electron chi connectivity index (χ1n) is 9.97. The van der Waals surface area contributed by atoms with Gasteiger partial charge < -0.3 is 0 Å². The van der Waals surface area contributed by atoms with Crippen molar-refractivity contribution in [2.24, 2.45) is 0 Å². The zero-order valence-electron chi connectivity index (χ0n) is 16.1. The number of benzene rings is 2. The van der Waals surface area contributed by atoms with Crippen LogP contribution in [0.3, 0.4) is 0 Å². The summed E-state index contributed by atoms with van der Waals surface area (Å²) >= 11 is 0. The molecule has 0 amide bonds. The van der Waals surface area contributed by atoms with Crippen molar-refractivity contribution in [2.45, 2.75) is 45.4 Å². The van der Waals surface area contributed by atoms with Gasteiger partial charge in [-0.1, -0.05) is 73.9 Å². The van der Waals surface area contributed by atoms with Crippen molar-refractivity contribution >= 4 is 11.1 Å². The van der Waals surface area contributed by atoms with E-state index in [4.69, 9.17) is 6.42 Å². The predicted molar refractivity (Wildman–Crippen MR) is 117 cm³/mol. The van der Waals surface area contributed by atoms with E-state index < -0.39 is 0 Å². The summed E-state index contributed by atoms with van der Waals surface area (Å²) in [7, 11) is 0. The largest absolute Gasteiger partial charge is 0.115 e. The minimum Gasteiger partial charge on any atom is -0.115 e. The van der Waals surface area contributed by atoms with E-state index in [1.54, 1.807) is 0 Å². The van der Waals surface area contributed by atoms with Crippen LogP contribution in [0, 0.1) is 12.3 Å². The van der Waals surface area contributed by atoms with Crippen molar-refractivity contribution in [1.29, 1.82) is 0 Å². The number of aryl methyl sites for hydroxylation is 1. The van der Waals surface area contributed by atoms with Gasteiger partial charge >= 0.3 is 0 Å². The zero-order chi connectivity index (χ0) is 18.8. The monoisotopic (exact) mass is 350 g/mol. The number of unbranched alkanes of at least 4 members (excludes halogenated alkanes) is 1. The molecule has 0 spiro atoms. The summed E-state index contributed by atoms with van der Waals surface area (Å²) in [5.41, 5.74) is 11.8. The third kappa shape index (κ3) is 3.56. The van der Waals surface area contributed by atoms with E-state index in [0.717, 1.165) is 31.2 Å². The van der Waals surface area contributed by atoms with E-state index in [1.807, 2.05) is 0 Å². The van der Waals surface area contributed by atoms with Crippen LogP contribution < -0.4 is 0 Å². The Morgan fingerprint density at radius 3 is 2.67 bits per heavy atom. The second-order valence-corrected chi connectivity index (χ2v) is 7.74. The standard InChI is InChI=1S/C27H26/c1-4-6-7-21-8-9-23(16-20(21)5-2)24-12-13-25(17-24)26-11-10-22-14-19(3)15-27(22)18-26/h2,8-11,13,16-18H,3-4,6-7,12,14-15H2,1H3. The molecule has 0 heterocycles. The van der Waals surface area contributed by atoms with Crippen LogP contribution in [0.5, 0.6) is 0 Å². The maximum absolute atomic E-state index is 5.78. The highest BCUT2D eigenvalue weighted by Crippen LogP contribution is 2.35. The quantitative estimate of drug-likeness (QED) is 0.424. The fourth-order valence-electron chi connectivity index (χ4n) is 4.17. The molecule has 0 aromatic heterocycles. The fraction of sp³-hybridized carbons (Fsp3) is 0.259. The van der Waals surface area contributed by atoms with Crippen LogP contribution in [0.15, 0.2) is 60.7 Å². The molecule has 0 N–H and O–H groups in total. The van der Waals surface area contributed by atoms with E-state index in [1.165, 1.54) is 57.4 Å². The van der Waals surface area contributed by atoms with E-state index in [0.29, 0.717) is 0 Å². The first-order chi connectivity index (χ1) is 13.2. The first-order valence-corrected chi connectivity index (χ1v) is 9.97. The molecule has 0 fully saturated rings. The summed E-state index contributed by atoms with van der Waals surface area (Å²) in [6.07, 6.45) is 16.9. The van der Waals surface area contributed by atoms with Crippen LogP contribution >= 0.6 is 0 Å². The Morgan fingerprint density at radius 1 is 1.04 bits per heavy atom. The maximum atomic E-state index is 5.78. The van der Waals surface area contributed by atoms with Crippen LogP contribution in [0.25, 0.3) is 11.1 Å². The topological polar surface area (TPSA) is 0 Å². The predicted octanol–water partition coefficient (Wildman–Crippen LogP) is 6.54. The normalized spacial score (nSPS) is 15.3. The molecule has 4 rings (SSSR count). The SMILES string of the molecule is C#Cc1cc(C2=CC(c3ccc4c(c3)CC(=C)C4)=CC2)ccc1CCCC. The minimum absolute atomic E-state index is 0.970. The molecule has 134 valence electrons. The molecule has 0 radical (unpaired) electrons. The number of fused-ring (bicyclic) bond motifs is 1. The van der Waals surface area contributed by atoms with E-state index in [2.05, 4.69) is 68.0 Å². The van der Waals surface area contributed by atoms with Gasteiger partial charge in [0.05, 0.1) is 0 Å². The molecule has 2 aromatic rings. The van der Waals surface area contributed by atoms with E-state index >= 15 is 0 Å². The van der Waals surface area contributed by atoms with Crippen LogP contribution in [0.4, 0.5) is 0 Å². The highest BCUT2D eigenvalue weighted by molar-refractivity contribution is 5.90. The summed E-state index contributed by atoms with van der Waals surface area (Å²) in [6.45, 7) is 6.36. The molecule has 2 aliphatic carbocycles. The molecule has 27 heavy (non-hydrogen) atoms. The lowest BCUT2D eigenvalue weighted by Gasteiger charge is -2.08. The van der Waals surface area contributed by atoms with Gasteiger partial charge in [-0.15, -0.1) is 6.42 Å². The number of terminal acetylenes is 1. The lowest BCUT2D eigenvalue weighted by molar-refractivity contribution is 0.794. The maximum Gasteiger partial charge on any atom is 0.0280 e. The summed E-state index contributed by atoms with van der Waals surface area (Å²) in [6, 6.07) is 13.5. The van der Waals surface area contributed by atoms with Crippen LogP contribution in [-0.2, 0) is 19.3 Å². The summed E-state index contributed by atoms with van der Waals surface area (Å²) in [5.74, 6) is 2.89. The summed E-state index contributed by atoms with van der Waals surface area (Å²) < 4.78 is 0. The molecule has 0 nitrogen and oxygen atoms in total. The average molecular weight is 351 g/mol. The number of hydrogen-bond donors (Lipinski definition) is 0. The van der Waals surface area contributed by atoms with Gasteiger partial charge in [0.1, 0.15) is 0 Å². The molecule has 0 unspecified atom stereocenters. The lowest BCUT2D eigenvalue weighted by Crippen LogP contribution is -1.93. The van der Waals surface area contributed by atoms with Gasteiger partial charge in [-0.2, -0.15) is 0 Å². The number of hydrogen-bond acceptors (Lipinski definition) is 0. The van der Waals surface area contributed by atoms with Crippen molar-refractivity contribution in [3.63, 3.8) is 0 Å². The molecule has 0 bridgehead atoms. The minimum atomic E-state index is 0.970. The lowest BCUT2D eigenvalue weighted by atomic mass is 9.96. The van der Waals surface area contributed by atoms with E-state index in [9.17, 15) is 0 Å². The van der Waals surface area contributed by atoms with Gasteiger partial charge in [0.15, 0.2) is 0 Å². The smallest absolute Gasteiger partial charge is 0.0280 e. The third-order valence-electron chi connectivity index (χ3n) is 5.73. The van der Waals surface area contributed by atoms with Gasteiger partial charge in [0, 0.05) is 5.56 Å². The second-order valence-electron chi connectivity index (χ2n) is 7.74. The molecular formula is C27H26. The van der Waals surface area contributed by atoms with Gasteiger partial charge in [0.25, 0.3) is 0 Å². The second kappa shape index (κ2) is 7.45. The molecule has 0 saturated heterocycles. The van der Waals surface area contributed by atoms with Crippen molar-refractivity contribution in [2.75, 3.05) is 0 Å². The highest BCUT2D eigenvalue weighted by atomic mass is 14.2. The van der Waals surface area contributed by atoms with Gasteiger partial charge in [-0.05, 0) is 77.1 Å². The Labute approximate surface area is 163 Å². The van der Waals surface area contributed by atoms with Crippen LogP contribution in [0.1, 0.15) is 59.6 Å². The molecule has 2 aliphatic rings. The van der Waals surface area contributed by atoms with Gasteiger partial charge in [-0.3, -0.25) is 0 Å². The first kappa shape index (κ1) is 17.6. The summed E-state index contributed by atoms with van der Waals surface area (Å²) in [5, 5.41) is 0. The average Bonchev–Trinajstić information content (AvgIpc) is 3.31. The molecule has 0 aliphatic heterocycles. The third-order valence-corrected chi connectivity index (χ3v) is 5.73. The molecule has 0 saturated carbocycles. The molecule has 2 aromatic carbocycles. The van der Waals surface area contributed by atoms with Gasteiger partial charge in [0.2, 0.25) is 0 Å². The zero-order valence-corrected chi connectivity index (χ0v) is 16.1. The number of allylic oxidation sites excluding steroid dienone is 5. The van der Waals surface area contributed by atoms with Crippen molar-refractivity contribution in [1.82, 2.24) is 0 Å². The van der Waals surface area contributed by atoms with Crippen LogP contribution in [0.2, 0.25) is 0 Å². The van der Waals surface area contributed by atoms with E-state index in [-0.39, 0.29) is 0 Å². The van der Waals surface area contributed by atoms with Crippen molar-refractivity contribution in [3.8, 4) is 12.3 Å².